The van der Waals surface area contributed by atoms with Crippen molar-refractivity contribution in [2.45, 2.75) is 64.7 Å². The summed E-state index contributed by atoms with van der Waals surface area (Å²) < 4.78 is 13.0. The molecule has 0 amide bonds. The number of benzene rings is 7. The molecule has 0 bridgehead atoms. The number of furan rings is 2. The summed E-state index contributed by atoms with van der Waals surface area (Å²) in [5.41, 5.74) is 18.6. The van der Waals surface area contributed by atoms with Crippen LogP contribution in [-0.2, 0) is 16.2 Å². The van der Waals surface area contributed by atoms with Gasteiger partial charge < -0.3 is 13.7 Å². The van der Waals surface area contributed by atoms with Gasteiger partial charge in [-0.1, -0.05) is 121 Å². The highest BCUT2D eigenvalue weighted by Crippen LogP contribution is 2.56. The van der Waals surface area contributed by atoms with Crippen molar-refractivity contribution in [2.24, 2.45) is 0 Å². The molecule has 55 heavy (non-hydrogen) atoms. The van der Waals surface area contributed by atoms with E-state index in [0.717, 1.165) is 50.2 Å². The minimum Gasteiger partial charge on any atom is -0.456 e. The molecule has 0 saturated carbocycles. The van der Waals surface area contributed by atoms with E-state index in [2.05, 4.69) is 181 Å². The Morgan fingerprint density at radius 3 is 1.91 bits per heavy atom. The first kappa shape index (κ1) is 32.4. The normalized spacial score (nSPS) is 15.1. The van der Waals surface area contributed by atoms with Crippen LogP contribution in [0.5, 0.6) is 0 Å². The summed E-state index contributed by atoms with van der Waals surface area (Å²) in [7, 11) is 0. The van der Waals surface area contributed by atoms with Gasteiger partial charge in [-0.25, -0.2) is 0 Å². The van der Waals surface area contributed by atoms with Gasteiger partial charge in [0.15, 0.2) is 0 Å². The molecule has 0 N–H and O–H groups in total. The lowest BCUT2D eigenvalue weighted by atomic mass is 9.82. The van der Waals surface area contributed by atoms with Crippen LogP contribution < -0.4 is 4.90 Å². The van der Waals surface area contributed by atoms with Crippen LogP contribution in [0.2, 0.25) is 0 Å². The predicted molar refractivity (Wildman–Crippen MR) is 230 cm³/mol. The number of para-hydroxylation sites is 1. The molecule has 11 rings (SSSR count). The minimum absolute atomic E-state index is 0.0311. The van der Waals surface area contributed by atoms with Gasteiger partial charge in [0.2, 0.25) is 0 Å². The van der Waals surface area contributed by atoms with Gasteiger partial charge in [-0.2, -0.15) is 0 Å². The van der Waals surface area contributed by atoms with Crippen molar-refractivity contribution in [1.82, 2.24) is 0 Å². The molecule has 0 spiro atoms. The van der Waals surface area contributed by atoms with E-state index in [1.165, 1.54) is 60.8 Å². The molecule has 7 aromatic carbocycles. The van der Waals surface area contributed by atoms with Crippen molar-refractivity contribution in [3.8, 4) is 22.3 Å². The highest BCUT2D eigenvalue weighted by molar-refractivity contribution is 6.15. The van der Waals surface area contributed by atoms with Crippen LogP contribution in [0.3, 0.4) is 0 Å². The van der Waals surface area contributed by atoms with Gasteiger partial charge in [0.05, 0.1) is 0 Å². The molecular weight excluding hydrogens is 671 g/mol. The largest absolute Gasteiger partial charge is 0.456 e. The van der Waals surface area contributed by atoms with Crippen molar-refractivity contribution < 1.29 is 8.83 Å². The summed E-state index contributed by atoms with van der Waals surface area (Å²) in [6.07, 6.45) is 0. The van der Waals surface area contributed by atoms with Crippen LogP contribution >= 0.6 is 0 Å². The zero-order valence-corrected chi connectivity index (χ0v) is 32.5. The topological polar surface area (TPSA) is 29.5 Å². The molecule has 0 saturated heterocycles. The average molecular weight is 714 g/mol. The minimum atomic E-state index is -0.171. The highest BCUT2D eigenvalue weighted by atomic mass is 16.3. The fourth-order valence-electron chi connectivity index (χ4n) is 9.83. The molecule has 0 aliphatic heterocycles. The van der Waals surface area contributed by atoms with E-state index in [1.807, 2.05) is 6.07 Å². The number of hydrogen-bond acceptors (Lipinski definition) is 3. The predicted octanol–water partition coefficient (Wildman–Crippen LogP) is 14.9. The van der Waals surface area contributed by atoms with Crippen LogP contribution in [0.4, 0.5) is 17.1 Å². The Balaban J connectivity index is 1.16. The third kappa shape index (κ3) is 4.44. The molecule has 2 aliphatic carbocycles. The molecule has 0 unspecified atom stereocenters. The lowest BCUT2D eigenvalue weighted by Crippen LogP contribution is -2.17. The van der Waals surface area contributed by atoms with Gasteiger partial charge in [-0.3, -0.25) is 0 Å². The van der Waals surface area contributed by atoms with Crippen LogP contribution in [0.25, 0.3) is 66.1 Å². The van der Waals surface area contributed by atoms with Crippen molar-refractivity contribution in [3.05, 3.63) is 161 Å². The van der Waals surface area contributed by atoms with Gasteiger partial charge in [0.1, 0.15) is 22.3 Å². The van der Waals surface area contributed by atoms with Crippen molar-refractivity contribution >= 4 is 60.9 Å². The van der Waals surface area contributed by atoms with E-state index in [-0.39, 0.29) is 16.2 Å². The smallest absolute Gasteiger partial charge is 0.136 e. The Morgan fingerprint density at radius 2 is 1.05 bits per heavy atom. The van der Waals surface area contributed by atoms with Gasteiger partial charge >= 0.3 is 0 Å². The Labute approximate surface area is 321 Å². The molecule has 2 heterocycles. The maximum atomic E-state index is 6.65. The molecule has 3 heteroatoms. The molecule has 2 aliphatic rings. The SMILES string of the molecule is CC(C)(C)c1ccc2c(c1)oc1ccc3c(c12)-c1cc(N(c2ccc4c(c2)C(C)(C)c2ccccc2-4)c2ccc4oc5ccccc5c4c2)ccc1C3(C)C. The van der Waals surface area contributed by atoms with E-state index < -0.39 is 0 Å². The standard InChI is InChI=1S/C52H43NO2/c1-50(2,3)30-16-20-37-47(26-30)55-46-25-23-42-48(49(37)46)39-28-31(18-22-41(39)51(42,4)5)53(32-19-24-45-38(27-32)36-13-9-11-15-44(36)54-45)33-17-21-35-34-12-8-10-14-40(34)52(6,7)43(35)29-33/h8-29H,1-7H3. The maximum Gasteiger partial charge on any atom is 0.136 e. The molecular formula is C52H43NO2. The van der Waals surface area contributed by atoms with E-state index in [9.17, 15) is 0 Å². The summed E-state index contributed by atoms with van der Waals surface area (Å²) in [5, 5.41) is 4.61. The van der Waals surface area contributed by atoms with Gasteiger partial charge in [-0.05, 0) is 116 Å². The fourth-order valence-corrected chi connectivity index (χ4v) is 9.83. The molecule has 2 aromatic heterocycles. The summed E-state index contributed by atoms with van der Waals surface area (Å²) in [4.78, 5) is 2.44. The van der Waals surface area contributed by atoms with Crippen molar-refractivity contribution in [3.63, 3.8) is 0 Å². The highest BCUT2D eigenvalue weighted by Gasteiger charge is 2.39. The number of anilines is 3. The molecule has 3 nitrogen and oxygen atoms in total. The summed E-state index contributed by atoms with van der Waals surface area (Å²) in [6.45, 7) is 16.2. The zero-order chi connectivity index (χ0) is 37.6. The van der Waals surface area contributed by atoms with Crippen LogP contribution in [0, 0.1) is 0 Å². The first-order valence-electron chi connectivity index (χ1n) is 19.5. The quantitative estimate of drug-likeness (QED) is 0.183. The van der Waals surface area contributed by atoms with Crippen LogP contribution in [0.15, 0.2) is 142 Å². The third-order valence-electron chi connectivity index (χ3n) is 12.8. The molecule has 0 atom stereocenters. The Kier molecular flexibility index (Phi) is 6.35. The number of nitrogens with zero attached hydrogens (tertiary/aromatic N) is 1. The third-order valence-corrected chi connectivity index (χ3v) is 12.8. The summed E-state index contributed by atoms with van der Waals surface area (Å²) in [6, 6.07) is 49.3. The fraction of sp³-hybridized carbons (Fsp3) is 0.192. The molecule has 9 aromatic rings. The first-order chi connectivity index (χ1) is 26.4. The summed E-state index contributed by atoms with van der Waals surface area (Å²) >= 11 is 0. The number of fused-ring (bicyclic) bond motifs is 13. The number of hydrogen-bond donors (Lipinski definition) is 0. The van der Waals surface area contributed by atoms with Crippen molar-refractivity contribution in [1.29, 1.82) is 0 Å². The van der Waals surface area contributed by atoms with E-state index in [1.54, 1.807) is 0 Å². The number of rotatable bonds is 3. The molecule has 268 valence electrons. The van der Waals surface area contributed by atoms with Gasteiger partial charge in [0.25, 0.3) is 0 Å². The van der Waals surface area contributed by atoms with Gasteiger partial charge in [0, 0.05) is 49.4 Å². The van der Waals surface area contributed by atoms with E-state index in [4.69, 9.17) is 8.83 Å². The summed E-state index contributed by atoms with van der Waals surface area (Å²) in [5.74, 6) is 0. The van der Waals surface area contributed by atoms with E-state index >= 15 is 0 Å². The Morgan fingerprint density at radius 1 is 0.436 bits per heavy atom. The Bertz CT molecular complexity index is 3090. The molecule has 0 fully saturated rings. The van der Waals surface area contributed by atoms with Gasteiger partial charge in [-0.15, -0.1) is 0 Å². The second kappa shape index (κ2) is 10.8. The maximum absolute atomic E-state index is 6.65. The lowest BCUT2D eigenvalue weighted by molar-refractivity contribution is 0.587. The second-order valence-corrected chi connectivity index (χ2v) is 17.8. The van der Waals surface area contributed by atoms with E-state index in [0.29, 0.717) is 0 Å². The monoisotopic (exact) mass is 713 g/mol. The lowest BCUT2D eigenvalue weighted by Gasteiger charge is -2.29. The van der Waals surface area contributed by atoms with Crippen LogP contribution in [-0.4, -0.2) is 0 Å². The molecule has 0 radical (unpaired) electrons. The van der Waals surface area contributed by atoms with Crippen molar-refractivity contribution in [2.75, 3.05) is 4.90 Å². The first-order valence-corrected chi connectivity index (χ1v) is 19.5. The van der Waals surface area contributed by atoms with Crippen LogP contribution in [0.1, 0.15) is 76.3 Å². The second-order valence-electron chi connectivity index (χ2n) is 17.8. The average Bonchev–Trinajstić information content (AvgIpc) is 3.86. The Hall–Kier alpha value is -6.06. The zero-order valence-electron chi connectivity index (χ0n) is 32.5.